The van der Waals surface area contributed by atoms with E-state index in [1.807, 2.05) is 18.2 Å². The van der Waals surface area contributed by atoms with E-state index in [9.17, 15) is 4.79 Å². The monoisotopic (exact) mass is 334 g/mol. The molecule has 0 spiro atoms. The van der Waals surface area contributed by atoms with Crippen LogP contribution in [0.5, 0.6) is 5.75 Å². The Kier molecular flexibility index (Phi) is 4.75. The summed E-state index contributed by atoms with van der Waals surface area (Å²) in [5, 5.41) is 0.864. The van der Waals surface area contributed by atoms with Crippen LogP contribution in [0.15, 0.2) is 64.5 Å². The zero-order chi connectivity index (χ0) is 18.0. The second-order valence-corrected chi connectivity index (χ2v) is 6.36. The van der Waals surface area contributed by atoms with Gasteiger partial charge >= 0.3 is 5.63 Å². The van der Waals surface area contributed by atoms with E-state index >= 15 is 0 Å². The Labute approximate surface area is 147 Å². The maximum Gasteiger partial charge on any atom is 0.344 e. The van der Waals surface area contributed by atoms with Crippen LogP contribution in [0.3, 0.4) is 0 Å². The van der Waals surface area contributed by atoms with Gasteiger partial charge in [-0.05, 0) is 47.2 Å². The molecule has 0 saturated carbocycles. The minimum atomic E-state index is -0.334. The molecule has 1 heterocycles. The smallest absolute Gasteiger partial charge is 0.344 e. The first kappa shape index (κ1) is 17.0. The van der Waals surface area contributed by atoms with Crippen molar-refractivity contribution in [3.05, 3.63) is 76.9 Å². The van der Waals surface area contributed by atoms with Gasteiger partial charge in [-0.2, -0.15) is 0 Å². The van der Waals surface area contributed by atoms with E-state index in [1.54, 1.807) is 6.07 Å². The summed E-state index contributed by atoms with van der Waals surface area (Å²) in [5.74, 6) is 0.991. The van der Waals surface area contributed by atoms with Crippen molar-refractivity contribution in [2.45, 2.75) is 33.1 Å². The van der Waals surface area contributed by atoms with Crippen LogP contribution in [0.4, 0.5) is 0 Å². The normalized spacial score (nSPS) is 11.0. The number of hydrogen-bond donors (Lipinski definition) is 0. The highest BCUT2D eigenvalue weighted by Crippen LogP contribution is 2.29. The van der Waals surface area contributed by atoms with E-state index in [-0.39, 0.29) is 5.63 Å². The van der Waals surface area contributed by atoms with Crippen molar-refractivity contribution in [1.82, 2.24) is 0 Å². The minimum Gasteiger partial charge on any atom is -0.465 e. The van der Waals surface area contributed by atoms with Gasteiger partial charge in [0, 0.05) is 11.5 Å². The van der Waals surface area contributed by atoms with E-state index in [4.69, 9.17) is 9.15 Å². The van der Waals surface area contributed by atoms with E-state index in [0.29, 0.717) is 22.8 Å². The lowest BCUT2D eigenvalue weighted by Gasteiger charge is -2.13. The number of hydrogen-bond acceptors (Lipinski definition) is 3. The Hall–Kier alpha value is -2.81. The van der Waals surface area contributed by atoms with E-state index in [0.717, 1.165) is 22.9 Å². The van der Waals surface area contributed by atoms with Crippen LogP contribution in [-0.4, -0.2) is 0 Å². The highest BCUT2D eigenvalue weighted by atomic mass is 16.5. The first-order valence-electron chi connectivity index (χ1n) is 8.52. The van der Waals surface area contributed by atoms with Crippen molar-refractivity contribution in [1.29, 1.82) is 0 Å². The molecule has 0 saturated heterocycles. The minimum absolute atomic E-state index is 0.334. The molecule has 0 aliphatic heterocycles. The Balaban J connectivity index is 2.20. The summed E-state index contributed by atoms with van der Waals surface area (Å²) in [6, 6.07) is 13.7. The van der Waals surface area contributed by atoms with Crippen molar-refractivity contribution in [3.8, 4) is 16.9 Å². The Morgan fingerprint density at radius 1 is 1.12 bits per heavy atom. The first-order valence-corrected chi connectivity index (χ1v) is 8.52. The molecule has 3 rings (SSSR count). The molecule has 0 amide bonds. The van der Waals surface area contributed by atoms with Gasteiger partial charge in [-0.15, -0.1) is 0 Å². The lowest BCUT2D eigenvalue weighted by Crippen LogP contribution is -2.05. The lowest BCUT2D eigenvalue weighted by molar-refractivity contribution is 0.481. The highest BCUT2D eigenvalue weighted by molar-refractivity contribution is 5.83. The van der Waals surface area contributed by atoms with Gasteiger partial charge in [0.1, 0.15) is 11.3 Å². The molecule has 0 fully saturated rings. The van der Waals surface area contributed by atoms with Crippen molar-refractivity contribution in [2.24, 2.45) is 0 Å². The molecule has 0 aliphatic rings. The molecular formula is C22H22O3. The third-order valence-corrected chi connectivity index (χ3v) is 4.40. The summed E-state index contributed by atoms with van der Waals surface area (Å²) in [6.45, 7) is 9.92. The number of rotatable bonds is 5. The molecule has 0 radical (unpaired) electrons. The van der Waals surface area contributed by atoms with Crippen molar-refractivity contribution in [2.75, 3.05) is 0 Å². The van der Waals surface area contributed by atoms with Gasteiger partial charge in [-0.1, -0.05) is 45.5 Å². The molecule has 0 atom stereocenters. The van der Waals surface area contributed by atoms with E-state index in [2.05, 4.69) is 45.5 Å². The van der Waals surface area contributed by atoms with Crippen LogP contribution in [0, 0.1) is 0 Å². The number of benzene rings is 2. The van der Waals surface area contributed by atoms with Gasteiger partial charge in [-0.25, -0.2) is 4.79 Å². The fraction of sp³-hybridized carbons (Fsp3) is 0.227. The molecule has 3 nitrogen and oxygen atoms in total. The molecule has 2 aromatic carbocycles. The topological polar surface area (TPSA) is 39.4 Å². The Bertz CT molecular complexity index is 980. The van der Waals surface area contributed by atoms with Crippen LogP contribution in [0.2, 0.25) is 0 Å². The van der Waals surface area contributed by atoms with Crippen molar-refractivity contribution < 1.29 is 9.15 Å². The second kappa shape index (κ2) is 6.98. The van der Waals surface area contributed by atoms with E-state index in [1.165, 1.54) is 11.8 Å². The summed E-state index contributed by atoms with van der Waals surface area (Å²) in [7, 11) is 0. The van der Waals surface area contributed by atoms with Gasteiger partial charge in [0.05, 0.1) is 11.8 Å². The molecule has 0 N–H and O–H groups in total. The molecule has 25 heavy (non-hydrogen) atoms. The predicted octanol–water partition coefficient (Wildman–Crippen LogP) is 5.67. The van der Waals surface area contributed by atoms with E-state index < -0.39 is 0 Å². The Morgan fingerprint density at radius 2 is 1.92 bits per heavy atom. The van der Waals surface area contributed by atoms with Crippen LogP contribution in [0.1, 0.15) is 37.8 Å². The number of fused-ring (bicyclic) bond motifs is 1. The SMILES string of the molecule is C=COc1ccc2cc(-c3cc(C(C)C)ccc3CC)c(=O)oc2c1. The summed E-state index contributed by atoms with van der Waals surface area (Å²) in [5.41, 5.74) is 4.08. The molecule has 0 unspecified atom stereocenters. The third kappa shape index (κ3) is 3.36. The van der Waals surface area contributed by atoms with Gasteiger partial charge in [0.15, 0.2) is 0 Å². The van der Waals surface area contributed by atoms with Crippen LogP contribution >= 0.6 is 0 Å². The quantitative estimate of drug-likeness (QED) is 0.446. The molecule has 0 bridgehead atoms. The molecule has 0 aliphatic carbocycles. The summed E-state index contributed by atoms with van der Waals surface area (Å²) in [6.07, 6.45) is 2.20. The van der Waals surface area contributed by atoms with Crippen molar-refractivity contribution >= 4 is 11.0 Å². The van der Waals surface area contributed by atoms with Crippen molar-refractivity contribution in [3.63, 3.8) is 0 Å². The van der Waals surface area contributed by atoms with Crippen LogP contribution in [0.25, 0.3) is 22.1 Å². The fourth-order valence-corrected chi connectivity index (χ4v) is 2.96. The largest absolute Gasteiger partial charge is 0.465 e. The second-order valence-electron chi connectivity index (χ2n) is 6.36. The average Bonchev–Trinajstić information content (AvgIpc) is 2.60. The van der Waals surface area contributed by atoms with Crippen LogP contribution in [-0.2, 0) is 6.42 Å². The van der Waals surface area contributed by atoms with Gasteiger partial charge < -0.3 is 9.15 Å². The van der Waals surface area contributed by atoms with Gasteiger partial charge in [0.25, 0.3) is 0 Å². The zero-order valence-electron chi connectivity index (χ0n) is 14.8. The highest BCUT2D eigenvalue weighted by Gasteiger charge is 2.13. The number of aryl methyl sites for hydroxylation is 1. The lowest BCUT2D eigenvalue weighted by atomic mass is 9.92. The van der Waals surface area contributed by atoms with Gasteiger partial charge in [-0.3, -0.25) is 0 Å². The standard InChI is InChI=1S/C22H22O3/c1-5-15-7-8-16(14(3)4)11-19(15)20-12-17-9-10-18(24-6-2)13-21(17)25-22(20)23/h6-14H,2,5H2,1,3-4H3. The summed E-state index contributed by atoms with van der Waals surface area (Å²) >= 11 is 0. The molecule has 128 valence electrons. The third-order valence-electron chi connectivity index (χ3n) is 4.40. The predicted molar refractivity (Wildman–Crippen MR) is 102 cm³/mol. The molecule has 3 heteroatoms. The summed E-state index contributed by atoms with van der Waals surface area (Å²) < 4.78 is 10.8. The first-order chi connectivity index (χ1) is 12.0. The number of ether oxygens (including phenoxy) is 1. The average molecular weight is 334 g/mol. The fourth-order valence-electron chi connectivity index (χ4n) is 2.96. The van der Waals surface area contributed by atoms with Crippen LogP contribution < -0.4 is 10.4 Å². The summed E-state index contributed by atoms with van der Waals surface area (Å²) in [4.78, 5) is 12.6. The maximum absolute atomic E-state index is 12.6. The molecule has 3 aromatic rings. The zero-order valence-corrected chi connectivity index (χ0v) is 14.8. The molecular weight excluding hydrogens is 312 g/mol. The maximum atomic E-state index is 12.6. The Morgan fingerprint density at radius 3 is 2.60 bits per heavy atom. The molecule has 1 aromatic heterocycles. The van der Waals surface area contributed by atoms with Gasteiger partial charge in [0.2, 0.25) is 0 Å².